The maximum atomic E-state index is 11.8. The molecular formula is C14H6Cl2O2. The van der Waals surface area contributed by atoms with Crippen molar-refractivity contribution in [1.82, 2.24) is 0 Å². The SMILES string of the molecule is O=C1C=CC(=O)c2cc3c(Cl)ccc(Cl)c3cc21. The molecule has 0 spiro atoms. The molecule has 0 radical (unpaired) electrons. The lowest BCUT2D eigenvalue weighted by Gasteiger charge is -2.12. The van der Waals surface area contributed by atoms with Gasteiger partial charge in [-0.15, -0.1) is 0 Å². The number of ketones is 2. The summed E-state index contributed by atoms with van der Waals surface area (Å²) in [5, 5.41) is 2.37. The highest BCUT2D eigenvalue weighted by atomic mass is 35.5. The zero-order chi connectivity index (χ0) is 12.9. The molecule has 2 aromatic carbocycles. The van der Waals surface area contributed by atoms with Gasteiger partial charge in [0.15, 0.2) is 11.6 Å². The van der Waals surface area contributed by atoms with Crippen molar-refractivity contribution in [2.24, 2.45) is 0 Å². The van der Waals surface area contributed by atoms with Gasteiger partial charge in [0, 0.05) is 31.9 Å². The Kier molecular flexibility index (Phi) is 2.51. The first-order valence-corrected chi connectivity index (χ1v) is 6.02. The molecule has 2 nitrogen and oxygen atoms in total. The van der Waals surface area contributed by atoms with Gasteiger partial charge in [0.2, 0.25) is 0 Å². The topological polar surface area (TPSA) is 34.1 Å². The molecule has 1 aliphatic rings. The van der Waals surface area contributed by atoms with Crippen molar-refractivity contribution < 1.29 is 9.59 Å². The summed E-state index contributed by atoms with van der Waals surface area (Å²) in [6, 6.07) is 6.60. The molecule has 18 heavy (non-hydrogen) atoms. The van der Waals surface area contributed by atoms with E-state index in [2.05, 4.69) is 0 Å². The molecule has 0 amide bonds. The Morgan fingerprint density at radius 2 is 1.11 bits per heavy atom. The summed E-state index contributed by atoms with van der Waals surface area (Å²) in [6.07, 6.45) is 2.55. The van der Waals surface area contributed by atoms with Crippen LogP contribution >= 0.6 is 23.2 Å². The molecule has 0 saturated carbocycles. The Balaban J connectivity index is 2.46. The van der Waals surface area contributed by atoms with Gasteiger partial charge in [0.1, 0.15) is 0 Å². The van der Waals surface area contributed by atoms with Crippen LogP contribution in [0.5, 0.6) is 0 Å². The quantitative estimate of drug-likeness (QED) is 0.727. The molecule has 0 bridgehead atoms. The summed E-state index contributed by atoms with van der Waals surface area (Å²) >= 11 is 12.2. The van der Waals surface area contributed by atoms with Crippen molar-refractivity contribution in [1.29, 1.82) is 0 Å². The average Bonchev–Trinajstić information content (AvgIpc) is 2.37. The first-order chi connectivity index (χ1) is 8.58. The first-order valence-electron chi connectivity index (χ1n) is 5.26. The zero-order valence-electron chi connectivity index (χ0n) is 9.04. The standard InChI is InChI=1S/C14H6Cl2O2/c15-11-1-2-12(16)8-6-10-9(5-7(8)11)13(17)3-4-14(10)18/h1-6H. The van der Waals surface area contributed by atoms with Crippen LogP contribution in [0.2, 0.25) is 10.0 Å². The van der Waals surface area contributed by atoms with Crippen molar-refractivity contribution in [3.05, 3.63) is 57.6 Å². The molecule has 0 heterocycles. The molecule has 0 fully saturated rings. The van der Waals surface area contributed by atoms with Crippen LogP contribution in [0.15, 0.2) is 36.4 Å². The fourth-order valence-electron chi connectivity index (χ4n) is 2.06. The minimum atomic E-state index is -0.192. The Hall–Kier alpha value is -1.64. The average molecular weight is 277 g/mol. The van der Waals surface area contributed by atoms with E-state index < -0.39 is 0 Å². The fourth-order valence-corrected chi connectivity index (χ4v) is 2.50. The van der Waals surface area contributed by atoms with E-state index in [9.17, 15) is 9.59 Å². The molecule has 0 atom stereocenters. The van der Waals surface area contributed by atoms with Gasteiger partial charge >= 0.3 is 0 Å². The molecule has 2 aromatic rings. The van der Waals surface area contributed by atoms with E-state index in [-0.39, 0.29) is 11.6 Å². The molecule has 3 rings (SSSR count). The predicted octanol–water partition coefficient (Wildman–Crippen LogP) is 4.08. The van der Waals surface area contributed by atoms with Gasteiger partial charge in [-0.1, -0.05) is 23.2 Å². The summed E-state index contributed by atoms with van der Waals surface area (Å²) in [6.45, 7) is 0. The van der Waals surface area contributed by atoms with Crippen molar-refractivity contribution in [3.8, 4) is 0 Å². The monoisotopic (exact) mass is 276 g/mol. The third-order valence-corrected chi connectivity index (χ3v) is 3.62. The van der Waals surface area contributed by atoms with Crippen LogP contribution in [0, 0.1) is 0 Å². The maximum Gasteiger partial charge on any atom is 0.186 e. The second-order valence-corrected chi connectivity index (χ2v) is 4.85. The van der Waals surface area contributed by atoms with Crippen LogP contribution in [0.1, 0.15) is 20.7 Å². The molecule has 0 unspecified atom stereocenters. The molecule has 0 aliphatic heterocycles. The van der Waals surface area contributed by atoms with E-state index in [1.807, 2.05) is 0 Å². The number of hydrogen-bond acceptors (Lipinski definition) is 2. The van der Waals surface area contributed by atoms with Gasteiger partial charge in [0.25, 0.3) is 0 Å². The van der Waals surface area contributed by atoms with E-state index in [0.29, 0.717) is 31.9 Å². The second kappa shape index (κ2) is 3.94. The highest BCUT2D eigenvalue weighted by Crippen LogP contribution is 2.33. The van der Waals surface area contributed by atoms with Crippen molar-refractivity contribution in [2.75, 3.05) is 0 Å². The maximum absolute atomic E-state index is 11.8. The Labute approximate surface area is 113 Å². The van der Waals surface area contributed by atoms with Gasteiger partial charge in [0.05, 0.1) is 0 Å². The predicted molar refractivity (Wildman–Crippen MR) is 71.8 cm³/mol. The Bertz CT molecular complexity index is 683. The third-order valence-electron chi connectivity index (χ3n) is 2.97. The minimum Gasteiger partial charge on any atom is -0.289 e. The first kappa shape index (κ1) is 11.5. The van der Waals surface area contributed by atoms with Crippen molar-refractivity contribution >= 4 is 45.5 Å². The molecule has 88 valence electrons. The smallest absolute Gasteiger partial charge is 0.186 e. The Morgan fingerprint density at radius 1 is 0.722 bits per heavy atom. The zero-order valence-corrected chi connectivity index (χ0v) is 10.5. The molecular weight excluding hydrogens is 271 g/mol. The number of carbonyl (C=O) groups excluding carboxylic acids is 2. The molecule has 4 heteroatoms. The van der Waals surface area contributed by atoms with Crippen LogP contribution < -0.4 is 0 Å². The Morgan fingerprint density at radius 3 is 1.50 bits per heavy atom. The number of allylic oxidation sites excluding steroid dienone is 2. The van der Waals surface area contributed by atoms with Gasteiger partial charge in [-0.3, -0.25) is 9.59 Å². The van der Waals surface area contributed by atoms with E-state index >= 15 is 0 Å². The summed E-state index contributed by atoms with van der Waals surface area (Å²) < 4.78 is 0. The third kappa shape index (κ3) is 1.57. The summed E-state index contributed by atoms with van der Waals surface area (Å²) in [5.74, 6) is -0.384. The van der Waals surface area contributed by atoms with Crippen molar-refractivity contribution in [3.63, 3.8) is 0 Å². The summed E-state index contributed by atoms with van der Waals surface area (Å²) in [7, 11) is 0. The van der Waals surface area contributed by atoms with E-state index in [1.165, 1.54) is 12.2 Å². The number of carbonyl (C=O) groups is 2. The number of rotatable bonds is 0. The lowest BCUT2D eigenvalue weighted by Crippen LogP contribution is -2.11. The van der Waals surface area contributed by atoms with Crippen LogP contribution in [-0.2, 0) is 0 Å². The summed E-state index contributed by atoms with van der Waals surface area (Å²) in [5.41, 5.74) is 0.748. The number of halogens is 2. The second-order valence-electron chi connectivity index (χ2n) is 4.03. The molecule has 0 aromatic heterocycles. The van der Waals surface area contributed by atoms with Crippen LogP contribution in [0.25, 0.3) is 10.8 Å². The van der Waals surface area contributed by atoms with Gasteiger partial charge in [-0.2, -0.15) is 0 Å². The normalized spacial score (nSPS) is 14.1. The lowest BCUT2D eigenvalue weighted by atomic mass is 9.92. The highest BCUT2D eigenvalue weighted by Gasteiger charge is 2.20. The number of hydrogen-bond donors (Lipinski definition) is 0. The number of fused-ring (bicyclic) bond motifs is 2. The number of benzene rings is 2. The van der Waals surface area contributed by atoms with E-state index in [4.69, 9.17) is 23.2 Å². The van der Waals surface area contributed by atoms with Gasteiger partial charge in [-0.05, 0) is 36.4 Å². The molecule has 0 saturated heterocycles. The van der Waals surface area contributed by atoms with E-state index in [1.54, 1.807) is 24.3 Å². The van der Waals surface area contributed by atoms with Crippen LogP contribution in [-0.4, -0.2) is 11.6 Å². The highest BCUT2D eigenvalue weighted by molar-refractivity contribution is 6.41. The summed E-state index contributed by atoms with van der Waals surface area (Å²) in [4.78, 5) is 23.5. The van der Waals surface area contributed by atoms with Crippen LogP contribution in [0.3, 0.4) is 0 Å². The minimum absolute atomic E-state index is 0.192. The van der Waals surface area contributed by atoms with E-state index in [0.717, 1.165) is 0 Å². The van der Waals surface area contributed by atoms with Gasteiger partial charge < -0.3 is 0 Å². The largest absolute Gasteiger partial charge is 0.289 e. The van der Waals surface area contributed by atoms with Gasteiger partial charge in [-0.25, -0.2) is 0 Å². The molecule has 1 aliphatic carbocycles. The van der Waals surface area contributed by atoms with Crippen molar-refractivity contribution in [2.45, 2.75) is 0 Å². The van der Waals surface area contributed by atoms with Crippen LogP contribution in [0.4, 0.5) is 0 Å². The molecule has 0 N–H and O–H groups in total. The fraction of sp³-hybridized carbons (Fsp3) is 0. The lowest BCUT2D eigenvalue weighted by molar-refractivity contribution is 0.0994.